The summed E-state index contributed by atoms with van der Waals surface area (Å²) in [5, 5.41) is 6.27. The fourth-order valence-electron chi connectivity index (χ4n) is 2.04. The van der Waals surface area contributed by atoms with E-state index in [1.165, 1.54) is 6.07 Å². The van der Waals surface area contributed by atoms with Crippen LogP contribution in [0.4, 0.5) is 4.39 Å². The van der Waals surface area contributed by atoms with Gasteiger partial charge in [0, 0.05) is 24.6 Å². The van der Waals surface area contributed by atoms with Gasteiger partial charge in [-0.1, -0.05) is 32.0 Å². The fraction of sp³-hybridized carbons (Fsp3) is 0.438. The van der Waals surface area contributed by atoms with Crippen molar-refractivity contribution in [2.75, 3.05) is 20.3 Å². The Hall–Kier alpha value is -1.30. The molecule has 1 atom stereocenters. The Balaban J connectivity index is 2.28. The highest BCUT2D eigenvalue weighted by Gasteiger charge is 2.21. The van der Waals surface area contributed by atoms with Gasteiger partial charge >= 0.3 is 0 Å². The van der Waals surface area contributed by atoms with E-state index in [0.717, 1.165) is 10.7 Å². The molecule has 0 spiro atoms. The summed E-state index contributed by atoms with van der Waals surface area (Å²) in [6.07, 6.45) is 0. The summed E-state index contributed by atoms with van der Waals surface area (Å²) in [7, 11) is 1.65. The lowest BCUT2D eigenvalue weighted by atomic mass is 10.1. The van der Waals surface area contributed by atoms with Crippen LogP contribution in [-0.2, 0) is 4.74 Å². The molecule has 0 bridgehead atoms. The third kappa shape index (κ3) is 4.09. The van der Waals surface area contributed by atoms with Gasteiger partial charge in [0.15, 0.2) is 0 Å². The summed E-state index contributed by atoms with van der Waals surface area (Å²) < 4.78 is 19.2. The number of nitrogens with one attached hydrogen (secondary N) is 1. The van der Waals surface area contributed by atoms with Crippen LogP contribution in [0.2, 0.25) is 0 Å². The lowest BCUT2D eigenvalue weighted by Crippen LogP contribution is -2.26. The molecule has 0 aliphatic rings. The van der Waals surface area contributed by atoms with E-state index < -0.39 is 0 Å². The number of thiazole rings is 1. The summed E-state index contributed by atoms with van der Waals surface area (Å²) in [6.45, 7) is 5.43. The Kier molecular flexibility index (Phi) is 5.85. The van der Waals surface area contributed by atoms with E-state index in [1.54, 1.807) is 30.6 Å². The Morgan fingerprint density at radius 1 is 1.33 bits per heavy atom. The maximum Gasteiger partial charge on any atom is 0.128 e. The van der Waals surface area contributed by atoms with Crippen molar-refractivity contribution in [3.8, 4) is 0 Å². The largest absolute Gasteiger partial charge is 0.383 e. The molecule has 1 unspecified atom stereocenters. The number of aromatic nitrogens is 1. The van der Waals surface area contributed by atoms with E-state index in [-0.39, 0.29) is 11.9 Å². The molecule has 0 aliphatic carbocycles. The van der Waals surface area contributed by atoms with Gasteiger partial charge in [0.1, 0.15) is 10.8 Å². The molecular weight excluding hydrogens is 287 g/mol. The Morgan fingerprint density at radius 3 is 2.71 bits per heavy atom. The average Bonchev–Trinajstić information content (AvgIpc) is 2.95. The molecular formula is C16H21FN2OS. The van der Waals surface area contributed by atoms with Crippen LogP contribution in [0.1, 0.15) is 42.1 Å². The topological polar surface area (TPSA) is 34.1 Å². The van der Waals surface area contributed by atoms with Gasteiger partial charge in [0.2, 0.25) is 0 Å². The third-order valence-corrected chi connectivity index (χ3v) is 4.18. The SMILES string of the molecule is COCCNC(c1nc(C(C)C)cs1)c1ccccc1F. The summed E-state index contributed by atoms with van der Waals surface area (Å²) in [6, 6.07) is 6.60. The maximum atomic E-state index is 14.1. The summed E-state index contributed by atoms with van der Waals surface area (Å²) in [5.41, 5.74) is 1.67. The second-order valence-corrected chi connectivity index (χ2v) is 6.06. The van der Waals surface area contributed by atoms with Crippen molar-refractivity contribution in [3.05, 3.63) is 51.7 Å². The first-order valence-electron chi connectivity index (χ1n) is 7.05. The van der Waals surface area contributed by atoms with Crippen LogP contribution in [0.3, 0.4) is 0 Å². The van der Waals surface area contributed by atoms with Crippen molar-refractivity contribution in [1.82, 2.24) is 10.3 Å². The van der Waals surface area contributed by atoms with Crippen LogP contribution in [0, 0.1) is 5.82 Å². The Labute approximate surface area is 129 Å². The highest BCUT2D eigenvalue weighted by Crippen LogP contribution is 2.28. The minimum atomic E-state index is -0.237. The van der Waals surface area contributed by atoms with Gasteiger partial charge in [0.25, 0.3) is 0 Å². The smallest absolute Gasteiger partial charge is 0.128 e. The van der Waals surface area contributed by atoms with Gasteiger partial charge in [-0.2, -0.15) is 0 Å². The van der Waals surface area contributed by atoms with E-state index in [1.807, 2.05) is 11.4 Å². The second-order valence-electron chi connectivity index (χ2n) is 5.17. The predicted molar refractivity (Wildman–Crippen MR) is 84.3 cm³/mol. The zero-order valence-electron chi connectivity index (χ0n) is 12.6. The lowest BCUT2D eigenvalue weighted by Gasteiger charge is -2.17. The molecule has 5 heteroatoms. The Morgan fingerprint density at radius 2 is 2.10 bits per heavy atom. The van der Waals surface area contributed by atoms with E-state index in [0.29, 0.717) is 24.6 Å². The summed E-state index contributed by atoms with van der Waals surface area (Å²) in [4.78, 5) is 4.65. The number of nitrogens with zero attached hydrogens (tertiary/aromatic N) is 1. The monoisotopic (exact) mass is 308 g/mol. The molecule has 1 N–H and O–H groups in total. The van der Waals surface area contributed by atoms with Gasteiger partial charge in [-0.15, -0.1) is 11.3 Å². The molecule has 0 aliphatic heterocycles. The molecule has 1 aromatic carbocycles. The molecule has 1 heterocycles. The van der Waals surface area contributed by atoms with Gasteiger partial charge in [-0.25, -0.2) is 9.37 Å². The van der Waals surface area contributed by atoms with Crippen molar-refractivity contribution in [3.63, 3.8) is 0 Å². The number of hydrogen-bond acceptors (Lipinski definition) is 4. The van der Waals surface area contributed by atoms with Gasteiger partial charge in [-0.3, -0.25) is 0 Å². The zero-order valence-corrected chi connectivity index (χ0v) is 13.4. The summed E-state index contributed by atoms with van der Waals surface area (Å²) in [5.74, 6) is 0.156. The van der Waals surface area contributed by atoms with E-state index in [9.17, 15) is 4.39 Å². The van der Waals surface area contributed by atoms with Crippen molar-refractivity contribution in [1.29, 1.82) is 0 Å². The van der Waals surface area contributed by atoms with Crippen LogP contribution in [-0.4, -0.2) is 25.2 Å². The van der Waals surface area contributed by atoms with Crippen LogP contribution >= 0.6 is 11.3 Å². The average molecular weight is 308 g/mol. The minimum Gasteiger partial charge on any atom is -0.383 e. The Bertz CT molecular complexity index is 571. The van der Waals surface area contributed by atoms with Crippen molar-refractivity contribution >= 4 is 11.3 Å². The van der Waals surface area contributed by atoms with Crippen LogP contribution in [0.15, 0.2) is 29.6 Å². The van der Waals surface area contributed by atoms with Crippen LogP contribution < -0.4 is 5.32 Å². The number of benzene rings is 1. The maximum absolute atomic E-state index is 14.1. The fourth-order valence-corrected chi connectivity index (χ4v) is 3.11. The van der Waals surface area contributed by atoms with Crippen LogP contribution in [0.25, 0.3) is 0 Å². The number of methoxy groups -OCH3 is 1. The van der Waals surface area contributed by atoms with Crippen molar-refractivity contribution < 1.29 is 9.13 Å². The second kappa shape index (κ2) is 7.64. The number of halogens is 1. The predicted octanol–water partition coefficient (Wildman–Crippen LogP) is 3.73. The molecule has 0 fully saturated rings. The first kappa shape index (κ1) is 16.1. The van der Waals surface area contributed by atoms with Crippen molar-refractivity contribution in [2.45, 2.75) is 25.8 Å². The van der Waals surface area contributed by atoms with E-state index in [4.69, 9.17) is 4.74 Å². The molecule has 0 saturated carbocycles. The zero-order chi connectivity index (χ0) is 15.2. The minimum absolute atomic E-state index is 0.214. The first-order valence-corrected chi connectivity index (χ1v) is 7.93. The van der Waals surface area contributed by atoms with Gasteiger partial charge in [-0.05, 0) is 12.0 Å². The number of ether oxygens (including phenoxy) is 1. The quantitative estimate of drug-likeness (QED) is 0.791. The molecule has 2 aromatic rings. The lowest BCUT2D eigenvalue weighted by molar-refractivity contribution is 0.197. The third-order valence-electron chi connectivity index (χ3n) is 3.25. The van der Waals surface area contributed by atoms with E-state index in [2.05, 4.69) is 24.1 Å². The molecule has 21 heavy (non-hydrogen) atoms. The van der Waals surface area contributed by atoms with Crippen molar-refractivity contribution in [2.24, 2.45) is 0 Å². The molecule has 1 aromatic heterocycles. The van der Waals surface area contributed by atoms with Crippen LogP contribution in [0.5, 0.6) is 0 Å². The molecule has 3 nitrogen and oxygen atoms in total. The highest BCUT2D eigenvalue weighted by molar-refractivity contribution is 7.09. The molecule has 0 radical (unpaired) electrons. The highest BCUT2D eigenvalue weighted by atomic mass is 32.1. The molecule has 114 valence electrons. The molecule has 0 amide bonds. The molecule has 2 rings (SSSR count). The standard InChI is InChI=1S/C16H21FN2OS/c1-11(2)14-10-21-16(19-14)15(18-8-9-20-3)12-6-4-5-7-13(12)17/h4-7,10-11,15,18H,8-9H2,1-3H3. The summed E-state index contributed by atoms with van der Waals surface area (Å²) >= 11 is 1.57. The molecule has 0 saturated heterocycles. The normalized spacial score (nSPS) is 12.8. The van der Waals surface area contributed by atoms with Gasteiger partial charge < -0.3 is 10.1 Å². The number of rotatable bonds is 7. The first-order chi connectivity index (χ1) is 10.1. The number of hydrogen-bond donors (Lipinski definition) is 1. The van der Waals surface area contributed by atoms with E-state index >= 15 is 0 Å². The van der Waals surface area contributed by atoms with Gasteiger partial charge in [0.05, 0.1) is 18.3 Å².